The van der Waals surface area contributed by atoms with Crippen LogP contribution in [0, 0.1) is 0 Å². The standard InChI is InChI=1S/C13H20N2/c1-3-15(11-7-10-14-2)12-13-8-5-4-6-9-13/h3-6,8-9,14H,1,7,10-12H2,2H3. The van der Waals surface area contributed by atoms with Gasteiger partial charge in [-0.05, 0) is 31.8 Å². The van der Waals surface area contributed by atoms with Crippen molar-refractivity contribution in [1.29, 1.82) is 0 Å². The molecule has 0 spiro atoms. The quantitative estimate of drug-likeness (QED) is 0.685. The van der Waals surface area contributed by atoms with Crippen LogP contribution in [0.25, 0.3) is 0 Å². The predicted octanol–water partition coefficient (Wildman–Crippen LogP) is 2.24. The molecule has 0 radical (unpaired) electrons. The van der Waals surface area contributed by atoms with Crippen molar-refractivity contribution in [3.63, 3.8) is 0 Å². The Hall–Kier alpha value is -1.28. The lowest BCUT2D eigenvalue weighted by molar-refractivity contribution is 0.362. The fourth-order valence-corrected chi connectivity index (χ4v) is 1.51. The highest BCUT2D eigenvalue weighted by atomic mass is 15.1. The average Bonchev–Trinajstić information content (AvgIpc) is 2.29. The van der Waals surface area contributed by atoms with Crippen molar-refractivity contribution >= 4 is 0 Å². The van der Waals surface area contributed by atoms with Crippen LogP contribution in [-0.2, 0) is 6.54 Å². The van der Waals surface area contributed by atoms with Gasteiger partial charge in [-0.3, -0.25) is 0 Å². The molecule has 0 aromatic heterocycles. The molecule has 0 aliphatic heterocycles. The second-order valence-corrected chi connectivity index (χ2v) is 3.60. The van der Waals surface area contributed by atoms with Crippen molar-refractivity contribution in [1.82, 2.24) is 10.2 Å². The maximum absolute atomic E-state index is 3.84. The summed E-state index contributed by atoms with van der Waals surface area (Å²) in [6.07, 6.45) is 3.07. The zero-order valence-electron chi connectivity index (χ0n) is 9.45. The summed E-state index contributed by atoms with van der Waals surface area (Å²) in [4.78, 5) is 2.24. The van der Waals surface area contributed by atoms with Gasteiger partial charge in [0, 0.05) is 13.1 Å². The van der Waals surface area contributed by atoms with Crippen molar-refractivity contribution < 1.29 is 0 Å². The minimum Gasteiger partial charge on any atom is -0.374 e. The molecule has 0 amide bonds. The van der Waals surface area contributed by atoms with E-state index < -0.39 is 0 Å². The molecule has 1 aromatic rings. The Morgan fingerprint density at radius 1 is 1.33 bits per heavy atom. The van der Waals surface area contributed by atoms with Crippen LogP contribution < -0.4 is 5.32 Å². The average molecular weight is 204 g/mol. The largest absolute Gasteiger partial charge is 0.374 e. The summed E-state index contributed by atoms with van der Waals surface area (Å²) in [5.74, 6) is 0. The normalized spacial score (nSPS) is 9.93. The Kier molecular flexibility index (Phi) is 5.56. The molecule has 0 aliphatic rings. The van der Waals surface area contributed by atoms with E-state index in [0.29, 0.717) is 0 Å². The molecular formula is C13H20N2. The van der Waals surface area contributed by atoms with Crippen LogP contribution in [-0.4, -0.2) is 25.0 Å². The van der Waals surface area contributed by atoms with Crippen LogP contribution in [0.2, 0.25) is 0 Å². The maximum Gasteiger partial charge on any atom is 0.0423 e. The topological polar surface area (TPSA) is 15.3 Å². The molecule has 1 aromatic carbocycles. The van der Waals surface area contributed by atoms with E-state index >= 15 is 0 Å². The number of hydrogen-bond donors (Lipinski definition) is 1. The Balaban J connectivity index is 2.37. The first-order valence-corrected chi connectivity index (χ1v) is 5.42. The van der Waals surface area contributed by atoms with E-state index in [9.17, 15) is 0 Å². The maximum atomic E-state index is 3.84. The van der Waals surface area contributed by atoms with Gasteiger partial charge in [0.1, 0.15) is 0 Å². The number of rotatable bonds is 7. The fourth-order valence-electron chi connectivity index (χ4n) is 1.51. The van der Waals surface area contributed by atoms with Gasteiger partial charge in [0.2, 0.25) is 0 Å². The van der Waals surface area contributed by atoms with Crippen molar-refractivity contribution in [3.05, 3.63) is 48.7 Å². The smallest absolute Gasteiger partial charge is 0.0423 e. The van der Waals surface area contributed by atoms with Crippen LogP contribution >= 0.6 is 0 Å². The fraction of sp³-hybridized carbons (Fsp3) is 0.385. The van der Waals surface area contributed by atoms with E-state index in [-0.39, 0.29) is 0 Å². The Morgan fingerprint density at radius 2 is 2.07 bits per heavy atom. The van der Waals surface area contributed by atoms with Gasteiger partial charge >= 0.3 is 0 Å². The van der Waals surface area contributed by atoms with Gasteiger partial charge in [-0.25, -0.2) is 0 Å². The molecule has 1 N–H and O–H groups in total. The van der Waals surface area contributed by atoms with Crippen LogP contribution in [0.3, 0.4) is 0 Å². The van der Waals surface area contributed by atoms with Crippen molar-refractivity contribution in [2.24, 2.45) is 0 Å². The molecule has 2 heteroatoms. The Morgan fingerprint density at radius 3 is 2.67 bits per heavy atom. The lowest BCUT2D eigenvalue weighted by atomic mass is 10.2. The molecule has 0 unspecified atom stereocenters. The van der Waals surface area contributed by atoms with Crippen LogP contribution in [0.5, 0.6) is 0 Å². The first-order valence-electron chi connectivity index (χ1n) is 5.42. The van der Waals surface area contributed by atoms with Gasteiger partial charge in [-0.15, -0.1) is 0 Å². The summed E-state index contributed by atoms with van der Waals surface area (Å²) in [6.45, 7) is 6.90. The Labute approximate surface area is 92.6 Å². The minimum atomic E-state index is 0.952. The summed E-state index contributed by atoms with van der Waals surface area (Å²) in [6, 6.07) is 10.5. The second-order valence-electron chi connectivity index (χ2n) is 3.60. The number of nitrogens with zero attached hydrogens (tertiary/aromatic N) is 1. The van der Waals surface area contributed by atoms with E-state index in [4.69, 9.17) is 0 Å². The third-order valence-corrected chi connectivity index (χ3v) is 2.36. The molecule has 82 valence electrons. The zero-order chi connectivity index (χ0) is 10.9. The molecule has 0 heterocycles. The van der Waals surface area contributed by atoms with Crippen molar-refractivity contribution in [2.45, 2.75) is 13.0 Å². The van der Waals surface area contributed by atoms with Gasteiger partial charge in [-0.1, -0.05) is 36.9 Å². The molecule has 0 saturated heterocycles. The van der Waals surface area contributed by atoms with Gasteiger partial charge in [0.15, 0.2) is 0 Å². The first kappa shape index (κ1) is 11.8. The predicted molar refractivity (Wildman–Crippen MR) is 65.6 cm³/mol. The lowest BCUT2D eigenvalue weighted by Crippen LogP contribution is -2.21. The number of nitrogens with one attached hydrogen (secondary N) is 1. The third-order valence-electron chi connectivity index (χ3n) is 2.36. The van der Waals surface area contributed by atoms with E-state index in [0.717, 1.165) is 26.1 Å². The second kappa shape index (κ2) is 7.07. The van der Waals surface area contributed by atoms with Crippen molar-refractivity contribution in [2.75, 3.05) is 20.1 Å². The number of benzene rings is 1. The Bertz CT molecular complexity index is 269. The molecule has 1 rings (SSSR count). The molecule has 0 bridgehead atoms. The summed E-state index contributed by atoms with van der Waals surface area (Å²) < 4.78 is 0. The van der Waals surface area contributed by atoms with E-state index in [1.54, 1.807) is 0 Å². The molecule has 0 fully saturated rings. The highest BCUT2D eigenvalue weighted by Gasteiger charge is 1.99. The van der Waals surface area contributed by atoms with Crippen LogP contribution in [0.15, 0.2) is 43.1 Å². The third kappa shape index (κ3) is 4.66. The van der Waals surface area contributed by atoms with E-state index in [2.05, 4.69) is 41.1 Å². The van der Waals surface area contributed by atoms with Gasteiger partial charge < -0.3 is 10.2 Å². The van der Waals surface area contributed by atoms with Crippen LogP contribution in [0.4, 0.5) is 0 Å². The molecular weight excluding hydrogens is 184 g/mol. The summed E-state index contributed by atoms with van der Waals surface area (Å²) >= 11 is 0. The molecule has 0 atom stereocenters. The molecule has 0 aliphatic carbocycles. The summed E-state index contributed by atoms with van der Waals surface area (Å²) in [5, 5.41) is 3.15. The molecule has 0 saturated carbocycles. The summed E-state index contributed by atoms with van der Waals surface area (Å²) in [7, 11) is 1.98. The highest BCUT2D eigenvalue weighted by molar-refractivity contribution is 5.14. The van der Waals surface area contributed by atoms with Gasteiger partial charge in [0.05, 0.1) is 0 Å². The monoisotopic (exact) mass is 204 g/mol. The summed E-state index contributed by atoms with van der Waals surface area (Å²) in [5.41, 5.74) is 1.34. The van der Waals surface area contributed by atoms with E-state index in [1.807, 2.05) is 19.3 Å². The lowest BCUT2D eigenvalue weighted by Gasteiger charge is -2.19. The van der Waals surface area contributed by atoms with Gasteiger partial charge in [0.25, 0.3) is 0 Å². The molecule has 2 nitrogen and oxygen atoms in total. The van der Waals surface area contributed by atoms with E-state index in [1.165, 1.54) is 5.56 Å². The van der Waals surface area contributed by atoms with Crippen molar-refractivity contribution in [3.8, 4) is 0 Å². The minimum absolute atomic E-state index is 0.952. The zero-order valence-corrected chi connectivity index (χ0v) is 9.45. The molecule has 15 heavy (non-hydrogen) atoms. The SMILES string of the molecule is C=CN(CCCNC)Cc1ccccc1. The van der Waals surface area contributed by atoms with Gasteiger partial charge in [-0.2, -0.15) is 0 Å². The highest BCUT2D eigenvalue weighted by Crippen LogP contribution is 2.04. The number of hydrogen-bond acceptors (Lipinski definition) is 2. The van der Waals surface area contributed by atoms with Crippen LogP contribution in [0.1, 0.15) is 12.0 Å². The first-order chi connectivity index (χ1) is 7.36.